The van der Waals surface area contributed by atoms with Gasteiger partial charge in [-0.25, -0.2) is 0 Å². The van der Waals surface area contributed by atoms with Gasteiger partial charge in [-0.2, -0.15) is 0 Å². The van der Waals surface area contributed by atoms with Crippen molar-refractivity contribution in [2.45, 2.75) is 135 Å². The van der Waals surface area contributed by atoms with Gasteiger partial charge in [0.05, 0.1) is 18.6 Å². The van der Waals surface area contributed by atoms with Crippen molar-refractivity contribution in [1.82, 2.24) is 0 Å². The van der Waals surface area contributed by atoms with Gasteiger partial charge >= 0.3 is 5.97 Å². The number of aliphatic hydroxyl groups excluding tert-OH is 1. The summed E-state index contributed by atoms with van der Waals surface area (Å²) >= 11 is 0. The summed E-state index contributed by atoms with van der Waals surface area (Å²) < 4.78 is 11.4. The summed E-state index contributed by atoms with van der Waals surface area (Å²) in [5, 5.41) is 9.91. The molecule has 0 aromatic heterocycles. The Morgan fingerprint density at radius 1 is 0.781 bits per heavy atom. The highest BCUT2D eigenvalue weighted by Crippen LogP contribution is 2.37. The van der Waals surface area contributed by atoms with E-state index in [-0.39, 0.29) is 24.4 Å². The molecule has 3 atom stereocenters. The van der Waals surface area contributed by atoms with E-state index in [2.05, 4.69) is 6.92 Å². The molecule has 0 heterocycles. The van der Waals surface area contributed by atoms with Crippen molar-refractivity contribution in [3.8, 4) is 0 Å². The first-order valence-corrected chi connectivity index (χ1v) is 14.1. The number of hydrogen-bond acceptors (Lipinski definition) is 4. The Bertz CT molecular complexity index is 460. The van der Waals surface area contributed by atoms with Crippen LogP contribution in [0.4, 0.5) is 0 Å². The summed E-state index contributed by atoms with van der Waals surface area (Å²) in [4.78, 5) is 12.5. The third-order valence-electron chi connectivity index (χ3n) is 7.87. The minimum atomic E-state index is -0.0759. The van der Waals surface area contributed by atoms with Gasteiger partial charge in [0.25, 0.3) is 0 Å². The standard InChI is InChI=1S/C28H52O4/c1-2-3-4-5-6-7-8-9-10-12-15-24-18-19-25(22-26(24)23-29)28(30)32-21-20-31-27-16-13-11-14-17-27/h24-27,29H,2-23H2,1H3. The quantitative estimate of drug-likeness (QED) is 0.187. The van der Waals surface area contributed by atoms with Crippen LogP contribution in [0.3, 0.4) is 0 Å². The van der Waals surface area contributed by atoms with Gasteiger partial charge in [-0.3, -0.25) is 4.79 Å². The maximum Gasteiger partial charge on any atom is 0.309 e. The smallest absolute Gasteiger partial charge is 0.309 e. The van der Waals surface area contributed by atoms with Crippen LogP contribution in [0.25, 0.3) is 0 Å². The predicted octanol–water partition coefficient (Wildman–Crippen LogP) is 7.21. The lowest BCUT2D eigenvalue weighted by molar-refractivity contribution is -0.153. The Labute approximate surface area is 198 Å². The highest BCUT2D eigenvalue weighted by atomic mass is 16.6. The molecule has 0 spiro atoms. The second-order valence-corrected chi connectivity index (χ2v) is 10.5. The number of ether oxygens (including phenoxy) is 2. The Morgan fingerprint density at radius 2 is 1.44 bits per heavy atom. The number of hydrogen-bond donors (Lipinski definition) is 1. The van der Waals surface area contributed by atoms with E-state index in [1.165, 1.54) is 89.9 Å². The number of carbonyl (C=O) groups excluding carboxylic acids is 1. The zero-order valence-corrected chi connectivity index (χ0v) is 21.0. The SMILES string of the molecule is CCCCCCCCCCCCC1CCC(C(=O)OCCOC2CCCCC2)CC1CO. The van der Waals surface area contributed by atoms with Gasteiger partial charge in [-0.1, -0.05) is 96.8 Å². The zero-order valence-electron chi connectivity index (χ0n) is 21.0. The summed E-state index contributed by atoms with van der Waals surface area (Å²) in [5.74, 6) is 0.727. The fourth-order valence-electron chi connectivity index (χ4n) is 5.75. The van der Waals surface area contributed by atoms with Crippen molar-refractivity contribution in [2.75, 3.05) is 19.8 Å². The Hall–Kier alpha value is -0.610. The molecule has 2 fully saturated rings. The Balaban J connectivity index is 1.50. The molecule has 0 radical (unpaired) electrons. The van der Waals surface area contributed by atoms with Crippen LogP contribution in [0.15, 0.2) is 0 Å². The van der Waals surface area contributed by atoms with E-state index < -0.39 is 0 Å². The van der Waals surface area contributed by atoms with E-state index in [1.807, 2.05) is 0 Å². The molecule has 2 rings (SSSR count). The molecule has 3 unspecified atom stereocenters. The average molecular weight is 453 g/mol. The van der Waals surface area contributed by atoms with Gasteiger partial charge in [0.15, 0.2) is 0 Å². The minimum Gasteiger partial charge on any atom is -0.463 e. The van der Waals surface area contributed by atoms with Gasteiger partial charge in [0.1, 0.15) is 6.61 Å². The summed E-state index contributed by atoms with van der Waals surface area (Å²) in [6.07, 6.45) is 24.1. The van der Waals surface area contributed by atoms with Gasteiger partial charge in [-0.05, 0) is 43.9 Å². The molecule has 32 heavy (non-hydrogen) atoms. The number of esters is 1. The molecule has 188 valence electrons. The van der Waals surface area contributed by atoms with Crippen LogP contribution in [0.2, 0.25) is 0 Å². The molecule has 4 nitrogen and oxygen atoms in total. The maximum atomic E-state index is 12.5. The molecule has 0 aromatic carbocycles. The third kappa shape index (κ3) is 11.5. The first-order valence-electron chi connectivity index (χ1n) is 14.1. The lowest BCUT2D eigenvalue weighted by Gasteiger charge is -2.34. The molecule has 2 aliphatic rings. The fourth-order valence-corrected chi connectivity index (χ4v) is 5.75. The van der Waals surface area contributed by atoms with Crippen molar-refractivity contribution < 1.29 is 19.4 Å². The monoisotopic (exact) mass is 452 g/mol. The van der Waals surface area contributed by atoms with E-state index in [0.717, 1.165) is 32.1 Å². The summed E-state index contributed by atoms with van der Waals surface area (Å²) in [5.41, 5.74) is 0. The number of rotatable bonds is 17. The van der Waals surface area contributed by atoms with Gasteiger partial charge in [0.2, 0.25) is 0 Å². The third-order valence-corrected chi connectivity index (χ3v) is 7.87. The van der Waals surface area contributed by atoms with Crippen LogP contribution in [0, 0.1) is 17.8 Å². The molecule has 1 N–H and O–H groups in total. The van der Waals surface area contributed by atoms with Gasteiger partial charge in [-0.15, -0.1) is 0 Å². The second-order valence-electron chi connectivity index (χ2n) is 10.5. The first kappa shape index (κ1) is 27.6. The van der Waals surface area contributed by atoms with Crippen LogP contribution < -0.4 is 0 Å². The predicted molar refractivity (Wildman–Crippen MR) is 132 cm³/mol. The number of unbranched alkanes of at least 4 members (excludes halogenated alkanes) is 9. The lowest BCUT2D eigenvalue weighted by Crippen LogP contribution is -2.32. The minimum absolute atomic E-state index is 0.0363. The molecule has 0 aromatic rings. The lowest BCUT2D eigenvalue weighted by atomic mass is 9.72. The summed E-state index contributed by atoms with van der Waals surface area (Å²) in [6.45, 7) is 3.37. The number of carbonyl (C=O) groups is 1. The molecule has 0 bridgehead atoms. The van der Waals surface area contributed by atoms with E-state index in [0.29, 0.717) is 25.2 Å². The molecule has 0 aliphatic heterocycles. The van der Waals surface area contributed by atoms with Crippen LogP contribution in [0.1, 0.15) is 129 Å². The van der Waals surface area contributed by atoms with Gasteiger partial charge < -0.3 is 14.6 Å². The molecule has 0 saturated heterocycles. The van der Waals surface area contributed by atoms with Crippen molar-refractivity contribution in [2.24, 2.45) is 17.8 Å². The van der Waals surface area contributed by atoms with Crippen molar-refractivity contribution in [1.29, 1.82) is 0 Å². The van der Waals surface area contributed by atoms with E-state index in [4.69, 9.17) is 9.47 Å². The van der Waals surface area contributed by atoms with E-state index >= 15 is 0 Å². The first-order chi connectivity index (χ1) is 15.7. The normalized spacial score (nSPS) is 24.5. The van der Waals surface area contributed by atoms with Crippen LogP contribution in [-0.4, -0.2) is 37.0 Å². The topological polar surface area (TPSA) is 55.8 Å². The second kappa shape index (κ2) is 17.8. The van der Waals surface area contributed by atoms with Crippen LogP contribution in [-0.2, 0) is 14.3 Å². The van der Waals surface area contributed by atoms with Crippen LogP contribution >= 0.6 is 0 Å². The molecule has 2 aliphatic carbocycles. The molecule has 0 amide bonds. The van der Waals surface area contributed by atoms with Gasteiger partial charge in [0, 0.05) is 6.61 Å². The van der Waals surface area contributed by atoms with E-state index in [1.54, 1.807) is 0 Å². The zero-order chi connectivity index (χ0) is 22.9. The molecule has 4 heteroatoms. The molecular formula is C28H52O4. The van der Waals surface area contributed by atoms with Crippen molar-refractivity contribution in [3.05, 3.63) is 0 Å². The summed E-state index contributed by atoms with van der Waals surface area (Å²) in [7, 11) is 0. The molecule has 2 saturated carbocycles. The Kier molecular flexibility index (Phi) is 15.4. The highest BCUT2D eigenvalue weighted by Gasteiger charge is 2.34. The number of aliphatic hydroxyl groups is 1. The highest BCUT2D eigenvalue weighted by molar-refractivity contribution is 5.72. The maximum absolute atomic E-state index is 12.5. The van der Waals surface area contributed by atoms with Crippen molar-refractivity contribution in [3.63, 3.8) is 0 Å². The molecular weight excluding hydrogens is 400 g/mol. The summed E-state index contributed by atoms with van der Waals surface area (Å²) in [6, 6.07) is 0. The Morgan fingerprint density at radius 3 is 2.09 bits per heavy atom. The largest absolute Gasteiger partial charge is 0.463 e. The fraction of sp³-hybridized carbons (Fsp3) is 0.964. The van der Waals surface area contributed by atoms with Crippen LogP contribution in [0.5, 0.6) is 0 Å². The average Bonchev–Trinajstić information content (AvgIpc) is 2.83. The van der Waals surface area contributed by atoms with E-state index in [9.17, 15) is 9.90 Å². The van der Waals surface area contributed by atoms with Crippen molar-refractivity contribution >= 4 is 5.97 Å².